The van der Waals surface area contributed by atoms with E-state index in [1.54, 1.807) is 6.08 Å². The van der Waals surface area contributed by atoms with Gasteiger partial charge in [0.15, 0.2) is 5.82 Å². The Labute approximate surface area is 136 Å². The first-order valence-electron chi connectivity index (χ1n) is 8.04. The number of hydrogen-bond acceptors (Lipinski definition) is 4. The summed E-state index contributed by atoms with van der Waals surface area (Å²) in [4.78, 5) is 18.5. The number of amides is 1. The number of likely N-dealkylation sites (tertiary alicyclic amines) is 1. The summed E-state index contributed by atoms with van der Waals surface area (Å²) in [5.41, 5.74) is 2.16. The van der Waals surface area contributed by atoms with E-state index < -0.39 is 0 Å². The monoisotopic (exact) mass is 311 g/mol. The fourth-order valence-electron chi connectivity index (χ4n) is 2.87. The van der Waals surface area contributed by atoms with Crippen molar-refractivity contribution in [1.29, 1.82) is 0 Å². The Morgan fingerprint density at radius 2 is 2.17 bits per heavy atom. The fourth-order valence-corrected chi connectivity index (χ4v) is 2.87. The largest absolute Gasteiger partial charge is 0.337 e. The van der Waals surface area contributed by atoms with Gasteiger partial charge in [-0.3, -0.25) is 4.79 Å². The minimum absolute atomic E-state index is 0.111. The first kappa shape index (κ1) is 15.5. The standard InChI is InChI=1S/C18H21N3O2/c1-3-5-16-19-18(23-20-16)15-10-11-17(22)21(15)12-14-8-6-13(4-2)7-9-14/h4,6-9,15H,2-3,5,10-12H2,1H3. The van der Waals surface area contributed by atoms with Crippen LogP contribution in [0.4, 0.5) is 0 Å². The van der Waals surface area contributed by atoms with Crippen LogP contribution in [-0.4, -0.2) is 20.9 Å². The lowest BCUT2D eigenvalue weighted by Crippen LogP contribution is -2.27. The molecule has 1 aromatic heterocycles. The zero-order valence-corrected chi connectivity index (χ0v) is 13.4. The molecule has 1 aliphatic heterocycles. The van der Waals surface area contributed by atoms with Gasteiger partial charge in [0.05, 0.1) is 0 Å². The van der Waals surface area contributed by atoms with Crippen molar-refractivity contribution in [3.05, 3.63) is 53.7 Å². The van der Waals surface area contributed by atoms with Crippen LogP contribution in [0.3, 0.4) is 0 Å². The predicted molar refractivity (Wildman–Crippen MR) is 87.4 cm³/mol. The van der Waals surface area contributed by atoms with Crippen LogP contribution in [0.15, 0.2) is 35.4 Å². The van der Waals surface area contributed by atoms with E-state index in [-0.39, 0.29) is 11.9 Å². The highest BCUT2D eigenvalue weighted by Gasteiger charge is 2.35. The molecule has 1 saturated heterocycles. The first-order valence-corrected chi connectivity index (χ1v) is 8.04. The lowest BCUT2D eigenvalue weighted by molar-refractivity contribution is -0.129. The van der Waals surface area contributed by atoms with Crippen LogP contribution in [-0.2, 0) is 17.8 Å². The molecule has 2 aromatic rings. The summed E-state index contributed by atoms with van der Waals surface area (Å²) in [7, 11) is 0. The van der Waals surface area contributed by atoms with Gasteiger partial charge in [-0.25, -0.2) is 0 Å². The molecular formula is C18H21N3O2. The Bertz CT molecular complexity index is 691. The van der Waals surface area contributed by atoms with Gasteiger partial charge in [-0.2, -0.15) is 4.98 Å². The van der Waals surface area contributed by atoms with Crippen molar-refractivity contribution >= 4 is 12.0 Å². The lowest BCUT2D eigenvalue weighted by atomic mass is 10.1. The Kier molecular flexibility index (Phi) is 4.55. The topological polar surface area (TPSA) is 59.2 Å². The van der Waals surface area contributed by atoms with E-state index in [0.29, 0.717) is 18.9 Å². The molecule has 0 radical (unpaired) electrons. The number of carbonyl (C=O) groups excluding carboxylic acids is 1. The smallest absolute Gasteiger partial charge is 0.249 e. The van der Waals surface area contributed by atoms with Gasteiger partial charge in [0.25, 0.3) is 0 Å². The number of nitrogens with zero attached hydrogens (tertiary/aromatic N) is 3. The molecule has 3 rings (SSSR count). The Morgan fingerprint density at radius 1 is 1.39 bits per heavy atom. The minimum atomic E-state index is -0.111. The molecule has 0 N–H and O–H groups in total. The van der Waals surface area contributed by atoms with E-state index in [0.717, 1.165) is 36.2 Å². The molecule has 1 amide bonds. The van der Waals surface area contributed by atoms with E-state index in [2.05, 4.69) is 23.6 Å². The molecule has 5 heteroatoms. The first-order chi connectivity index (χ1) is 11.2. The molecule has 23 heavy (non-hydrogen) atoms. The third-order valence-electron chi connectivity index (χ3n) is 4.14. The summed E-state index contributed by atoms with van der Waals surface area (Å²) in [6, 6.07) is 7.94. The predicted octanol–water partition coefficient (Wildman–Crippen LogP) is 3.53. The summed E-state index contributed by atoms with van der Waals surface area (Å²) < 4.78 is 5.39. The molecular weight excluding hydrogens is 290 g/mol. The number of rotatable bonds is 6. The maximum atomic E-state index is 12.2. The Morgan fingerprint density at radius 3 is 2.87 bits per heavy atom. The SMILES string of the molecule is C=Cc1ccc(CN2C(=O)CCC2c2nc(CCC)no2)cc1. The molecule has 5 nitrogen and oxygen atoms in total. The summed E-state index contributed by atoms with van der Waals surface area (Å²) in [5, 5.41) is 4.00. The van der Waals surface area contributed by atoms with Crippen molar-refractivity contribution in [2.75, 3.05) is 0 Å². The third-order valence-corrected chi connectivity index (χ3v) is 4.14. The van der Waals surface area contributed by atoms with Crippen LogP contribution in [0.2, 0.25) is 0 Å². The van der Waals surface area contributed by atoms with E-state index in [1.165, 1.54) is 0 Å². The molecule has 0 spiro atoms. The van der Waals surface area contributed by atoms with Gasteiger partial charge in [0.1, 0.15) is 6.04 Å². The Balaban J connectivity index is 1.77. The summed E-state index contributed by atoms with van der Waals surface area (Å²) in [6.07, 6.45) is 4.84. The lowest BCUT2D eigenvalue weighted by Gasteiger charge is -2.22. The molecule has 1 atom stereocenters. The number of hydrogen-bond donors (Lipinski definition) is 0. The van der Waals surface area contributed by atoms with Crippen molar-refractivity contribution in [2.45, 2.75) is 45.2 Å². The molecule has 1 aromatic carbocycles. The molecule has 0 aliphatic carbocycles. The van der Waals surface area contributed by atoms with Crippen molar-refractivity contribution < 1.29 is 9.32 Å². The van der Waals surface area contributed by atoms with Gasteiger partial charge in [0.2, 0.25) is 11.8 Å². The molecule has 1 fully saturated rings. The van der Waals surface area contributed by atoms with Crippen molar-refractivity contribution in [1.82, 2.24) is 15.0 Å². The van der Waals surface area contributed by atoms with Crippen LogP contribution in [0.25, 0.3) is 6.08 Å². The van der Waals surface area contributed by atoms with Crippen LogP contribution < -0.4 is 0 Å². The second-order valence-electron chi connectivity index (χ2n) is 5.82. The van der Waals surface area contributed by atoms with Gasteiger partial charge in [-0.05, 0) is 24.0 Å². The molecule has 2 heterocycles. The van der Waals surface area contributed by atoms with Crippen molar-refractivity contribution in [3.8, 4) is 0 Å². The van der Waals surface area contributed by atoms with Crippen molar-refractivity contribution in [3.63, 3.8) is 0 Å². The highest BCUT2D eigenvalue weighted by Crippen LogP contribution is 2.33. The summed E-state index contributed by atoms with van der Waals surface area (Å²) in [5.74, 6) is 1.41. The maximum Gasteiger partial charge on any atom is 0.249 e. The molecule has 1 unspecified atom stereocenters. The quantitative estimate of drug-likeness (QED) is 0.819. The van der Waals surface area contributed by atoms with Gasteiger partial charge < -0.3 is 9.42 Å². The zero-order valence-electron chi connectivity index (χ0n) is 13.4. The number of aryl methyl sites for hydroxylation is 1. The average molecular weight is 311 g/mol. The normalized spacial score (nSPS) is 17.7. The van der Waals surface area contributed by atoms with E-state index in [9.17, 15) is 4.79 Å². The van der Waals surface area contributed by atoms with Crippen molar-refractivity contribution in [2.24, 2.45) is 0 Å². The third kappa shape index (κ3) is 3.33. The van der Waals surface area contributed by atoms with Crippen LogP contribution in [0, 0.1) is 0 Å². The van der Waals surface area contributed by atoms with Crippen LogP contribution in [0.1, 0.15) is 55.1 Å². The molecule has 120 valence electrons. The highest BCUT2D eigenvalue weighted by molar-refractivity contribution is 5.78. The summed E-state index contributed by atoms with van der Waals surface area (Å²) >= 11 is 0. The van der Waals surface area contributed by atoms with Crippen LogP contribution >= 0.6 is 0 Å². The summed E-state index contributed by atoms with van der Waals surface area (Å²) in [6.45, 7) is 6.39. The molecule has 0 saturated carbocycles. The second-order valence-corrected chi connectivity index (χ2v) is 5.82. The van der Waals surface area contributed by atoms with Gasteiger partial charge >= 0.3 is 0 Å². The van der Waals surface area contributed by atoms with Gasteiger partial charge in [-0.15, -0.1) is 0 Å². The maximum absolute atomic E-state index is 12.2. The van der Waals surface area contributed by atoms with E-state index >= 15 is 0 Å². The number of benzene rings is 1. The van der Waals surface area contributed by atoms with Gasteiger partial charge in [-0.1, -0.05) is 49.0 Å². The van der Waals surface area contributed by atoms with Crippen LogP contribution in [0.5, 0.6) is 0 Å². The van der Waals surface area contributed by atoms with E-state index in [4.69, 9.17) is 4.52 Å². The Hall–Kier alpha value is -2.43. The highest BCUT2D eigenvalue weighted by atomic mass is 16.5. The molecule has 1 aliphatic rings. The minimum Gasteiger partial charge on any atom is -0.337 e. The van der Waals surface area contributed by atoms with E-state index in [1.807, 2.05) is 29.2 Å². The van der Waals surface area contributed by atoms with Gasteiger partial charge in [0, 0.05) is 19.4 Å². The average Bonchev–Trinajstić information content (AvgIpc) is 3.16. The second kappa shape index (κ2) is 6.77. The number of carbonyl (C=O) groups is 1. The fraction of sp³-hybridized carbons (Fsp3) is 0.389. The zero-order chi connectivity index (χ0) is 16.2. The molecule has 0 bridgehead atoms. The number of aromatic nitrogens is 2.